The second kappa shape index (κ2) is 6.55. The molecule has 6 nitrogen and oxygen atoms in total. The molecule has 2 heterocycles. The number of ketones is 2. The highest BCUT2D eigenvalue weighted by Gasteiger charge is 2.38. The third-order valence-electron chi connectivity index (χ3n) is 4.29. The number of carbonyl (C=O) groups excluding carboxylic acids is 3. The van der Waals surface area contributed by atoms with Crippen LogP contribution in [0.1, 0.15) is 52.3 Å². The first-order valence-electron chi connectivity index (χ1n) is 8.18. The Kier molecular flexibility index (Phi) is 4.19. The number of rotatable bonds is 4. The van der Waals surface area contributed by atoms with Crippen LogP contribution in [0.25, 0.3) is 0 Å². The summed E-state index contributed by atoms with van der Waals surface area (Å²) < 4.78 is 18.1. The van der Waals surface area contributed by atoms with Gasteiger partial charge >= 0.3 is 0 Å². The minimum atomic E-state index is -0.449. The van der Waals surface area contributed by atoms with Crippen LogP contribution < -0.4 is 5.32 Å². The van der Waals surface area contributed by atoms with Gasteiger partial charge in [0.2, 0.25) is 17.3 Å². The van der Waals surface area contributed by atoms with Crippen molar-refractivity contribution in [3.05, 3.63) is 74.0 Å². The molecule has 1 aromatic carbocycles. The summed E-state index contributed by atoms with van der Waals surface area (Å²) in [5.41, 5.74) is 1.43. The SMILES string of the molecule is Cc1noc2c1C(=O)c1sc(C(=O)NCCc3cccc(F)c3)cc1C2=O. The minimum Gasteiger partial charge on any atom is -0.352 e. The summed E-state index contributed by atoms with van der Waals surface area (Å²) in [5.74, 6) is -1.61. The highest BCUT2D eigenvalue weighted by atomic mass is 32.1. The van der Waals surface area contributed by atoms with Crippen LogP contribution in [0.4, 0.5) is 4.39 Å². The normalized spacial score (nSPS) is 12.7. The van der Waals surface area contributed by atoms with Crippen LogP contribution in [0, 0.1) is 12.7 Å². The monoisotopic (exact) mass is 384 g/mol. The van der Waals surface area contributed by atoms with Crippen molar-refractivity contribution in [1.29, 1.82) is 0 Å². The molecular formula is C19H13FN2O4S. The predicted octanol–water partition coefficient (Wildman–Crippen LogP) is 2.93. The number of aromatic nitrogens is 1. The summed E-state index contributed by atoms with van der Waals surface area (Å²) in [6.45, 7) is 1.89. The number of carbonyl (C=O) groups is 3. The summed E-state index contributed by atoms with van der Waals surface area (Å²) in [4.78, 5) is 37.9. The van der Waals surface area contributed by atoms with Crippen molar-refractivity contribution in [3.8, 4) is 0 Å². The summed E-state index contributed by atoms with van der Waals surface area (Å²) in [6, 6.07) is 7.54. The maximum Gasteiger partial charge on any atom is 0.261 e. The topological polar surface area (TPSA) is 89.3 Å². The maximum absolute atomic E-state index is 13.2. The molecule has 2 aromatic heterocycles. The number of benzene rings is 1. The molecule has 0 aliphatic heterocycles. The Hall–Kier alpha value is -3.13. The number of fused-ring (bicyclic) bond motifs is 2. The van der Waals surface area contributed by atoms with Gasteiger partial charge in [0, 0.05) is 12.1 Å². The number of halogens is 1. The van der Waals surface area contributed by atoms with Gasteiger partial charge in [-0.2, -0.15) is 0 Å². The molecule has 1 amide bonds. The lowest BCUT2D eigenvalue weighted by Crippen LogP contribution is -2.24. The Morgan fingerprint density at radius 1 is 1.26 bits per heavy atom. The molecule has 0 radical (unpaired) electrons. The molecule has 0 bridgehead atoms. The lowest BCUT2D eigenvalue weighted by Gasteiger charge is -2.07. The minimum absolute atomic E-state index is 0.0825. The average Bonchev–Trinajstić information content (AvgIpc) is 3.25. The fraction of sp³-hybridized carbons (Fsp3) is 0.158. The van der Waals surface area contributed by atoms with Crippen LogP contribution in [0.3, 0.4) is 0 Å². The highest BCUT2D eigenvalue weighted by Crippen LogP contribution is 2.34. The molecule has 1 N–H and O–H groups in total. The first-order chi connectivity index (χ1) is 13.0. The van der Waals surface area contributed by atoms with E-state index in [9.17, 15) is 18.8 Å². The van der Waals surface area contributed by atoms with Gasteiger partial charge in [-0.25, -0.2) is 4.39 Å². The Bertz CT molecular complexity index is 1100. The number of nitrogens with one attached hydrogen (secondary N) is 1. The Morgan fingerprint density at radius 3 is 2.85 bits per heavy atom. The number of hydrogen-bond acceptors (Lipinski definition) is 6. The van der Waals surface area contributed by atoms with E-state index in [2.05, 4.69) is 10.5 Å². The first kappa shape index (κ1) is 17.3. The molecule has 3 aromatic rings. The Morgan fingerprint density at radius 2 is 2.07 bits per heavy atom. The fourth-order valence-corrected chi connectivity index (χ4v) is 3.99. The number of thiophene rings is 1. The van der Waals surface area contributed by atoms with Crippen LogP contribution in [0.15, 0.2) is 34.9 Å². The van der Waals surface area contributed by atoms with Gasteiger partial charge in [-0.3, -0.25) is 14.4 Å². The van der Waals surface area contributed by atoms with Gasteiger partial charge in [-0.05, 0) is 37.1 Å². The second-order valence-electron chi connectivity index (χ2n) is 6.12. The van der Waals surface area contributed by atoms with Crippen LogP contribution in [0.5, 0.6) is 0 Å². The smallest absolute Gasteiger partial charge is 0.261 e. The zero-order valence-corrected chi connectivity index (χ0v) is 15.0. The molecular weight excluding hydrogens is 371 g/mol. The van der Waals surface area contributed by atoms with Crippen molar-refractivity contribution in [1.82, 2.24) is 10.5 Å². The average molecular weight is 384 g/mol. The Labute approximate surface area is 157 Å². The van der Waals surface area contributed by atoms with Gasteiger partial charge in [0.15, 0.2) is 0 Å². The molecule has 4 rings (SSSR count). The number of nitrogens with zero attached hydrogens (tertiary/aromatic N) is 1. The molecule has 136 valence electrons. The van der Waals surface area contributed by atoms with E-state index in [0.717, 1.165) is 16.9 Å². The van der Waals surface area contributed by atoms with Gasteiger partial charge < -0.3 is 9.84 Å². The maximum atomic E-state index is 13.2. The van der Waals surface area contributed by atoms with Gasteiger partial charge in [0.1, 0.15) is 5.82 Å². The number of amides is 1. The molecule has 0 fully saturated rings. The molecule has 0 spiro atoms. The lowest BCUT2D eigenvalue weighted by molar-refractivity contribution is 0.0955. The summed E-state index contributed by atoms with van der Waals surface area (Å²) in [7, 11) is 0. The fourth-order valence-electron chi connectivity index (χ4n) is 2.97. The van der Waals surface area contributed by atoms with Crippen molar-refractivity contribution in [3.63, 3.8) is 0 Å². The van der Waals surface area contributed by atoms with Crippen molar-refractivity contribution in [2.24, 2.45) is 0 Å². The third kappa shape index (κ3) is 2.97. The predicted molar refractivity (Wildman–Crippen MR) is 94.9 cm³/mol. The largest absolute Gasteiger partial charge is 0.352 e. The summed E-state index contributed by atoms with van der Waals surface area (Å²) >= 11 is 0.968. The van der Waals surface area contributed by atoms with Crippen LogP contribution in [-0.2, 0) is 6.42 Å². The van der Waals surface area contributed by atoms with Crippen LogP contribution in [0.2, 0.25) is 0 Å². The molecule has 0 saturated carbocycles. The van der Waals surface area contributed by atoms with E-state index in [1.807, 2.05) is 0 Å². The van der Waals surface area contributed by atoms with E-state index in [4.69, 9.17) is 4.52 Å². The first-order valence-corrected chi connectivity index (χ1v) is 8.99. The molecule has 27 heavy (non-hydrogen) atoms. The summed E-state index contributed by atoms with van der Waals surface area (Å²) in [5, 5.41) is 6.40. The van der Waals surface area contributed by atoms with Gasteiger partial charge in [-0.1, -0.05) is 17.3 Å². The van der Waals surface area contributed by atoms with E-state index < -0.39 is 11.7 Å². The van der Waals surface area contributed by atoms with E-state index in [0.29, 0.717) is 18.7 Å². The van der Waals surface area contributed by atoms with Crippen LogP contribution >= 0.6 is 11.3 Å². The molecule has 0 atom stereocenters. The van der Waals surface area contributed by atoms with Crippen molar-refractivity contribution >= 4 is 28.8 Å². The van der Waals surface area contributed by atoms with E-state index in [1.165, 1.54) is 18.2 Å². The third-order valence-corrected chi connectivity index (χ3v) is 5.42. The zero-order chi connectivity index (χ0) is 19.1. The molecule has 0 saturated heterocycles. The van der Waals surface area contributed by atoms with Crippen molar-refractivity contribution < 1.29 is 23.3 Å². The number of aryl methyl sites for hydroxylation is 1. The molecule has 1 aliphatic carbocycles. The standard InChI is InChI=1S/C19H13FN2O4S/c1-9-14-16(24)18-12(15(23)17(14)26-22-9)8-13(27-18)19(25)21-6-5-10-3-2-4-11(20)7-10/h2-4,7-8H,5-6H2,1H3,(H,21,25). The second-order valence-corrected chi connectivity index (χ2v) is 7.17. The van der Waals surface area contributed by atoms with Gasteiger partial charge in [-0.15, -0.1) is 11.3 Å². The van der Waals surface area contributed by atoms with E-state index in [-0.39, 0.29) is 38.2 Å². The number of hydrogen-bond donors (Lipinski definition) is 1. The molecule has 1 aliphatic rings. The summed E-state index contributed by atoms with van der Waals surface area (Å²) in [6.07, 6.45) is 0.464. The van der Waals surface area contributed by atoms with Crippen LogP contribution in [-0.4, -0.2) is 29.2 Å². The lowest BCUT2D eigenvalue weighted by atomic mass is 9.93. The van der Waals surface area contributed by atoms with E-state index >= 15 is 0 Å². The highest BCUT2D eigenvalue weighted by molar-refractivity contribution is 7.16. The zero-order valence-electron chi connectivity index (χ0n) is 14.2. The van der Waals surface area contributed by atoms with Gasteiger partial charge in [0.05, 0.1) is 21.0 Å². The quantitative estimate of drug-likeness (QED) is 0.584. The van der Waals surface area contributed by atoms with E-state index in [1.54, 1.807) is 19.1 Å². The molecule has 8 heteroatoms. The Balaban J connectivity index is 1.50. The van der Waals surface area contributed by atoms with Crippen molar-refractivity contribution in [2.45, 2.75) is 13.3 Å². The van der Waals surface area contributed by atoms with Gasteiger partial charge in [0.25, 0.3) is 5.91 Å². The van der Waals surface area contributed by atoms with Crippen molar-refractivity contribution in [2.75, 3.05) is 6.54 Å². The molecule has 0 unspecified atom stereocenters.